The molecule has 0 bridgehead atoms. The Bertz CT molecular complexity index is 645. The molecule has 1 unspecified atom stereocenters. The lowest BCUT2D eigenvalue weighted by atomic mass is 9.88. The Morgan fingerprint density at radius 3 is 2.90 bits per heavy atom. The van der Waals surface area contributed by atoms with Crippen LogP contribution in [0.15, 0.2) is 48.7 Å². The third-order valence-corrected chi connectivity index (χ3v) is 3.60. The maximum absolute atomic E-state index is 12.0. The molecule has 1 aliphatic rings. The molecule has 2 N–H and O–H groups in total. The van der Waals surface area contributed by atoms with Gasteiger partial charge in [-0.25, -0.2) is 0 Å². The van der Waals surface area contributed by atoms with Gasteiger partial charge in [0.05, 0.1) is 13.2 Å². The second-order valence-electron chi connectivity index (χ2n) is 5.02. The lowest BCUT2D eigenvalue weighted by Crippen LogP contribution is -2.44. The van der Waals surface area contributed by atoms with Gasteiger partial charge >= 0.3 is 0 Å². The van der Waals surface area contributed by atoms with Crippen molar-refractivity contribution in [1.29, 1.82) is 0 Å². The maximum atomic E-state index is 12.0. The van der Waals surface area contributed by atoms with E-state index in [1.807, 2.05) is 24.3 Å². The molecule has 0 fully saturated rings. The van der Waals surface area contributed by atoms with Crippen LogP contribution in [-0.4, -0.2) is 29.1 Å². The second-order valence-corrected chi connectivity index (χ2v) is 5.02. The van der Waals surface area contributed by atoms with E-state index in [9.17, 15) is 9.90 Å². The number of nitrogens with one attached hydrogen (secondary N) is 1. The fraction of sp³-hybridized carbons (Fsp3) is 0.250. The van der Waals surface area contributed by atoms with Gasteiger partial charge in [0.15, 0.2) is 0 Å². The van der Waals surface area contributed by atoms with Crippen LogP contribution in [0.4, 0.5) is 0 Å². The van der Waals surface area contributed by atoms with Gasteiger partial charge < -0.3 is 15.2 Å². The Balaban J connectivity index is 1.75. The molecule has 3 rings (SSSR count). The first-order valence-electron chi connectivity index (χ1n) is 6.83. The Morgan fingerprint density at radius 2 is 2.10 bits per heavy atom. The van der Waals surface area contributed by atoms with Crippen LogP contribution in [0.25, 0.3) is 0 Å². The number of benzene rings is 1. The molecule has 1 aliphatic heterocycles. The first kappa shape index (κ1) is 13.6. The van der Waals surface area contributed by atoms with Crippen molar-refractivity contribution < 1.29 is 14.6 Å². The zero-order valence-corrected chi connectivity index (χ0v) is 11.5. The zero-order valence-electron chi connectivity index (χ0n) is 11.5. The molecule has 1 aromatic heterocycles. The molecular formula is C16H16N2O3. The monoisotopic (exact) mass is 284 g/mol. The van der Waals surface area contributed by atoms with E-state index in [2.05, 4.69) is 10.3 Å². The Hall–Kier alpha value is -2.40. The van der Waals surface area contributed by atoms with Crippen molar-refractivity contribution in [3.8, 4) is 5.75 Å². The zero-order chi connectivity index (χ0) is 14.7. The molecule has 0 spiro atoms. The van der Waals surface area contributed by atoms with Gasteiger partial charge in [-0.05, 0) is 18.2 Å². The normalized spacial score (nSPS) is 20.2. The van der Waals surface area contributed by atoms with Crippen LogP contribution in [0, 0.1) is 0 Å². The number of hydrogen-bond acceptors (Lipinski definition) is 4. The van der Waals surface area contributed by atoms with Crippen LogP contribution in [-0.2, 0) is 5.60 Å². The van der Waals surface area contributed by atoms with E-state index in [0.29, 0.717) is 30.0 Å². The molecule has 5 nitrogen and oxygen atoms in total. The summed E-state index contributed by atoms with van der Waals surface area (Å²) >= 11 is 0. The molecule has 0 saturated heterocycles. The summed E-state index contributed by atoms with van der Waals surface area (Å²) in [5, 5.41) is 13.5. The minimum atomic E-state index is -1.11. The van der Waals surface area contributed by atoms with Crippen molar-refractivity contribution in [1.82, 2.24) is 10.3 Å². The third kappa shape index (κ3) is 2.73. The number of amides is 1. The molecule has 0 saturated carbocycles. The first-order chi connectivity index (χ1) is 10.2. The highest BCUT2D eigenvalue weighted by atomic mass is 16.5. The van der Waals surface area contributed by atoms with E-state index < -0.39 is 5.60 Å². The van der Waals surface area contributed by atoms with E-state index in [1.54, 1.807) is 24.4 Å². The standard InChI is InChI=1S/C16H16N2O3/c19-15(13-6-3-4-9-17-13)18-11-16(20)8-10-21-14-7-2-1-5-12(14)16/h1-7,9,20H,8,10-11H2,(H,18,19). The van der Waals surface area contributed by atoms with E-state index in [-0.39, 0.29) is 12.5 Å². The molecule has 1 atom stereocenters. The van der Waals surface area contributed by atoms with Gasteiger partial charge in [0.1, 0.15) is 17.0 Å². The summed E-state index contributed by atoms with van der Waals surface area (Å²) in [6.45, 7) is 0.551. The SMILES string of the molecule is O=C(NCC1(O)CCOc2ccccc21)c1ccccn1. The van der Waals surface area contributed by atoms with Crippen LogP contribution >= 0.6 is 0 Å². The van der Waals surface area contributed by atoms with Gasteiger partial charge in [0.2, 0.25) is 0 Å². The Kier molecular flexibility index (Phi) is 3.58. The second kappa shape index (κ2) is 5.54. The molecule has 108 valence electrons. The van der Waals surface area contributed by atoms with Crippen LogP contribution in [0.3, 0.4) is 0 Å². The summed E-state index contributed by atoms with van der Waals surface area (Å²) in [7, 11) is 0. The van der Waals surface area contributed by atoms with E-state index in [1.165, 1.54) is 0 Å². The molecule has 0 radical (unpaired) electrons. The summed E-state index contributed by atoms with van der Waals surface area (Å²) in [6, 6.07) is 12.5. The van der Waals surface area contributed by atoms with Gasteiger partial charge in [0, 0.05) is 18.2 Å². The van der Waals surface area contributed by atoms with Crippen molar-refractivity contribution in [2.45, 2.75) is 12.0 Å². The fourth-order valence-corrected chi connectivity index (χ4v) is 2.44. The summed E-state index contributed by atoms with van der Waals surface area (Å²) in [6.07, 6.45) is 2.00. The number of nitrogens with zero attached hydrogens (tertiary/aromatic N) is 1. The number of aliphatic hydroxyl groups is 1. The third-order valence-electron chi connectivity index (χ3n) is 3.60. The lowest BCUT2D eigenvalue weighted by Gasteiger charge is -2.34. The highest BCUT2D eigenvalue weighted by Gasteiger charge is 2.35. The fourth-order valence-electron chi connectivity index (χ4n) is 2.44. The average Bonchev–Trinajstić information content (AvgIpc) is 2.54. The summed E-state index contributed by atoms with van der Waals surface area (Å²) < 4.78 is 5.53. The predicted molar refractivity (Wildman–Crippen MR) is 77.0 cm³/mol. The largest absolute Gasteiger partial charge is 0.493 e. The number of aromatic nitrogens is 1. The molecular weight excluding hydrogens is 268 g/mol. The number of hydrogen-bond donors (Lipinski definition) is 2. The van der Waals surface area contributed by atoms with Gasteiger partial charge in [-0.3, -0.25) is 9.78 Å². The summed E-state index contributed by atoms with van der Waals surface area (Å²) in [4.78, 5) is 16.0. The summed E-state index contributed by atoms with van der Waals surface area (Å²) in [5.74, 6) is 0.367. The minimum Gasteiger partial charge on any atom is -0.493 e. The van der Waals surface area contributed by atoms with Crippen molar-refractivity contribution in [3.05, 3.63) is 59.9 Å². The molecule has 21 heavy (non-hydrogen) atoms. The lowest BCUT2D eigenvalue weighted by molar-refractivity contribution is -0.00164. The first-order valence-corrected chi connectivity index (χ1v) is 6.83. The number of carbonyl (C=O) groups is 1. The molecule has 1 aromatic carbocycles. The molecule has 1 amide bonds. The van der Waals surface area contributed by atoms with Gasteiger partial charge in [0.25, 0.3) is 5.91 Å². The van der Waals surface area contributed by atoms with Crippen molar-refractivity contribution in [2.24, 2.45) is 0 Å². The number of fused-ring (bicyclic) bond motifs is 1. The number of para-hydroxylation sites is 1. The average molecular weight is 284 g/mol. The topological polar surface area (TPSA) is 71.5 Å². The number of carbonyl (C=O) groups excluding carboxylic acids is 1. The van der Waals surface area contributed by atoms with E-state index >= 15 is 0 Å². The highest BCUT2D eigenvalue weighted by Crippen LogP contribution is 2.36. The van der Waals surface area contributed by atoms with E-state index in [4.69, 9.17) is 4.74 Å². The quantitative estimate of drug-likeness (QED) is 0.895. The number of rotatable bonds is 3. The Morgan fingerprint density at radius 1 is 1.29 bits per heavy atom. The molecule has 5 heteroatoms. The van der Waals surface area contributed by atoms with Gasteiger partial charge in [-0.2, -0.15) is 0 Å². The number of pyridine rings is 1. The highest BCUT2D eigenvalue weighted by molar-refractivity contribution is 5.92. The van der Waals surface area contributed by atoms with Crippen molar-refractivity contribution >= 4 is 5.91 Å². The van der Waals surface area contributed by atoms with Crippen LogP contribution in [0.1, 0.15) is 22.5 Å². The minimum absolute atomic E-state index is 0.128. The van der Waals surface area contributed by atoms with Crippen LogP contribution < -0.4 is 10.1 Å². The smallest absolute Gasteiger partial charge is 0.269 e. The maximum Gasteiger partial charge on any atom is 0.269 e. The van der Waals surface area contributed by atoms with Gasteiger partial charge in [-0.15, -0.1) is 0 Å². The molecule has 2 heterocycles. The predicted octanol–water partition coefficient (Wildman–Crippen LogP) is 1.48. The number of ether oxygens (including phenoxy) is 1. The van der Waals surface area contributed by atoms with Crippen molar-refractivity contribution in [2.75, 3.05) is 13.2 Å². The van der Waals surface area contributed by atoms with Crippen LogP contribution in [0.5, 0.6) is 5.75 Å². The van der Waals surface area contributed by atoms with Gasteiger partial charge in [-0.1, -0.05) is 24.3 Å². The molecule has 0 aliphatic carbocycles. The molecule has 2 aromatic rings. The Labute approximate surface area is 122 Å². The van der Waals surface area contributed by atoms with Crippen molar-refractivity contribution in [3.63, 3.8) is 0 Å². The van der Waals surface area contributed by atoms with Crippen LogP contribution in [0.2, 0.25) is 0 Å². The van der Waals surface area contributed by atoms with E-state index in [0.717, 1.165) is 0 Å². The summed E-state index contributed by atoms with van der Waals surface area (Å²) in [5.41, 5.74) is -0.0711.